The zero-order valence-corrected chi connectivity index (χ0v) is 19.1. The third-order valence-corrected chi connectivity index (χ3v) is 5.80. The van der Waals surface area contributed by atoms with Gasteiger partial charge in [0.25, 0.3) is 0 Å². The maximum absolute atomic E-state index is 14.1. The minimum absolute atomic E-state index is 0.170. The number of H-pyrrole nitrogens is 1. The van der Waals surface area contributed by atoms with Crippen LogP contribution in [0.15, 0.2) is 53.1 Å². The predicted octanol–water partition coefficient (Wildman–Crippen LogP) is 4.06. The van der Waals surface area contributed by atoms with Crippen molar-refractivity contribution in [3.8, 4) is 11.3 Å². The van der Waals surface area contributed by atoms with Crippen LogP contribution < -0.4 is 10.0 Å². The lowest BCUT2D eigenvalue weighted by molar-refractivity contribution is -0.122. The van der Waals surface area contributed by atoms with E-state index in [0.717, 1.165) is 6.26 Å². The van der Waals surface area contributed by atoms with Gasteiger partial charge >= 0.3 is 0 Å². The van der Waals surface area contributed by atoms with Gasteiger partial charge in [-0.1, -0.05) is 17.3 Å². The molecule has 0 radical (unpaired) electrons. The maximum Gasteiger partial charge on any atom is 0.229 e. The summed E-state index contributed by atoms with van der Waals surface area (Å²) in [6.07, 6.45) is 1.07. The Hall–Kier alpha value is -3.66. The molecule has 0 aliphatic carbocycles. The molecule has 4 rings (SSSR count). The summed E-state index contributed by atoms with van der Waals surface area (Å²) in [4.78, 5) is 16.3. The summed E-state index contributed by atoms with van der Waals surface area (Å²) in [6, 6.07) is 12.8. The Morgan fingerprint density at radius 2 is 2.00 bits per heavy atom. The SMILES string of the molecule is Cc1cc(CNC(=O)C(C)c2c(-c3cccc(NS(C)(=O)=O)c3)[nH]c3ccc(F)cc23)on1. The number of halogens is 1. The molecule has 0 saturated carbocycles. The Bertz CT molecular complexity index is 1440. The molecule has 3 N–H and O–H groups in total. The number of hydrogen-bond donors (Lipinski definition) is 3. The average Bonchev–Trinajstić information content (AvgIpc) is 3.33. The summed E-state index contributed by atoms with van der Waals surface area (Å²) in [6.45, 7) is 3.69. The molecule has 0 spiro atoms. The van der Waals surface area contributed by atoms with Crippen LogP contribution in [0.4, 0.5) is 10.1 Å². The highest BCUT2D eigenvalue weighted by Crippen LogP contribution is 2.37. The van der Waals surface area contributed by atoms with Crippen LogP contribution in [0.3, 0.4) is 0 Å². The van der Waals surface area contributed by atoms with Gasteiger partial charge in [-0.2, -0.15) is 0 Å². The van der Waals surface area contributed by atoms with Gasteiger partial charge in [0.1, 0.15) is 5.82 Å². The molecule has 4 aromatic rings. The van der Waals surface area contributed by atoms with Gasteiger partial charge in [-0.3, -0.25) is 9.52 Å². The van der Waals surface area contributed by atoms with Gasteiger partial charge in [0.05, 0.1) is 30.1 Å². The molecule has 10 heteroatoms. The van der Waals surface area contributed by atoms with Gasteiger partial charge in [-0.15, -0.1) is 0 Å². The van der Waals surface area contributed by atoms with E-state index in [1.165, 1.54) is 12.1 Å². The van der Waals surface area contributed by atoms with Crippen molar-refractivity contribution in [2.45, 2.75) is 26.3 Å². The number of benzene rings is 2. The van der Waals surface area contributed by atoms with Crippen molar-refractivity contribution < 1.29 is 22.1 Å². The summed E-state index contributed by atoms with van der Waals surface area (Å²) in [5, 5.41) is 7.21. The van der Waals surface area contributed by atoms with Crippen LogP contribution in [-0.4, -0.2) is 30.7 Å². The molecule has 172 valence electrons. The molecule has 0 bridgehead atoms. The van der Waals surface area contributed by atoms with E-state index in [9.17, 15) is 17.6 Å². The molecule has 0 aliphatic rings. The normalized spacial score (nSPS) is 12.6. The molecule has 2 heterocycles. The van der Waals surface area contributed by atoms with E-state index < -0.39 is 21.8 Å². The van der Waals surface area contributed by atoms with E-state index in [2.05, 4.69) is 20.2 Å². The minimum atomic E-state index is -3.47. The summed E-state index contributed by atoms with van der Waals surface area (Å²) in [7, 11) is -3.47. The Balaban J connectivity index is 1.74. The number of nitrogens with one attached hydrogen (secondary N) is 3. The number of sulfonamides is 1. The summed E-state index contributed by atoms with van der Waals surface area (Å²) in [5.41, 5.74) is 3.61. The van der Waals surface area contributed by atoms with Gasteiger partial charge in [0.15, 0.2) is 5.76 Å². The van der Waals surface area contributed by atoms with Crippen LogP contribution in [0.1, 0.15) is 29.9 Å². The molecular weight excluding hydrogens is 447 g/mol. The Morgan fingerprint density at radius 3 is 2.70 bits per heavy atom. The molecule has 2 aromatic heterocycles. The lowest BCUT2D eigenvalue weighted by atomic mass is 9.93. The fourth-order valence-corrected chi connectivity index (χ4v) is 4.33. The van der Waals surface area contributed by atoms with Crippen LogP contribution in [0.2, 0.25) is 0 Å². The van der Waals surface area contributed by atoms with Gasteiger partial charge in [-0.25, -0.2) is 12.8 Å². The van der Waals surface area contributed by atoms with Crippen LogP contribution >= 0.6 is 0 Å². The van der Waals surface area contributed by atoms with E-state index in [-0.39, 0.29) is 12.5 Å². The summed E-state index contributed by atoms with van der Waals surface area (Å²) >= 11 is 0. The molecule has 0 aliphatic heterocycles. The summed E-state index contributed by atoms with van der Waals surface area (Å²) in [5.74, 6) is -0.823. The fourth-order valence-electron chi connectivity index (χ4n) is 3.77. The van der Waals surface area contributed by atoms with E-state index in [1.54, 1.807) is 50.2 Å². The number of carbonyl (C=O) groups excluding carboxylic acids is 1. The van der Waals surface area contributed by atoms with E-state index in [0.29, 0.717) is 44.9 Å². The average molecular weight is 471 g/mol. The summed E-state index contributed by atoms with van der Waals surface area (Å²) < 4.78 is 45.0. The van der Waals surface area contributed by atoms with Crippen molar-refractivity contribution in [2.75, 3.05) is 11.0 Å². The zero-order valence-electron chi connectivity index (χ0n) is 18.3. The number of aryl methyl sites for hydroxylation is 1. The topological polar surface area (TPSA) is 117 Å². The number of rotatable bonds is 7. The fraction of sp³-hybridized carbons (Fsp3) is 0.217. The molecule has 1 atom stereocenters. The number of carbonyl (C=O) groups is 1. The number of aromatic amines is 1. The van der Waals surface area contributed by atoms with Crippen molar-refractivity contribution in [3.05, 3.63) is 71.4 Å². The maximum atomic E-state index is 14.1. The molecular formula is C23H23FN4O4S. The highest BCUT2D eigenvalue weighted by Gasteiger charge is 2.25. The number of amides is 1. The van der Waals surface area contributed by atoms with E-state index in [1.807, 2.05) is 0 Å². The second-order valence-corrected chi connectivity index (χ2v) is 9.68. The minimum Gasteiger partial charge on any atom is -0.359 e. The van der Waals surface area contributed by atoms with Crippen molar-refractivity contribution >= 4 is 32.5 Å². The van der Waals surface area contributed by atoms with Gasteiger partial charge in [0, 0.05) is 28.2 Å². The van der Waals surface area contributed by atoms with E-state index in [4.69, 9.17) is 4.52 Å². The van der Waals surface area contributed by atoms with Crippen LogP contribution in [0, 0.1) is 12.7 Å². The van der Waals surface area contributed by atoms with Crippen LogP contribution in [0.5, 0.6) is 0 Å². The largest absolute Gasteiger partial charge is 0.359 e. The molecule has 2 aromatic carbocycles. The monoisotopic (exact) mass is 470 g/mol. The van der Waals surface area contributed by atoms with Crippen molar-refractivity contribution in [3.63, 3.8) is 0 Å². The lowest BCUT2D eigenvalue weighted by Crippen LogP contribution is -2.27. The number of hydrogen-bond acceptors (Lipinski definition) is 5. The smallest absolute Gasteiger partial charge is 0.229 e. The zero-order chi connectivity index (χ0) is 23.8. The third-order valence-electron chi connectivity index (χ3n) is 5.20. The van der Waals surface area contributed by atoms with Gasteiger partial charge in [-0.05, 0) is 49.7 Å². The van der Waals surface area contributed by atoms with Gasteiger partial charge in [0.2, 0.25) is 15.9 Å². The van der Waals surface area contributed by atoms with Crippen molar-refractivity contribution in [2.24, 2.45) is 0 Å². The molecule has 0 fully saturated rings. The molecule has 1 unspecified atom stereocenters. The lowest BCUT2D eigenvalue weighted by Gasteiger charge is -2.14. The van der Waals surface area contributed by atoms with E-state index >= 15 is 0 Å². The molecule has 33 heavy (non-hydrogen) atoms. The Morgan fingerprint density at radius 1 is 1.21 bits per heavy atom. The molecule has 8 nitrogen and oxygen atoms in total. The second kappa shape index (κ2) is 8.70. The number of anilines is 1. The van der Waals surface area contributed by atoms with Crippen molar-refractivity contribution in [1.29, 1.82) is 0 Å². The quantitative estimate of drug-likeness (QED) is 0.377. The first-order valence-corrected chi connectivity index (χ1v) is 12.1. The molecule has 1 amide bonds. The van der Waals surface area contributed by atoms with Crippen LogP contribution in [-0.2, 0) is 21.4 Å². The first kappa shape index (κ1) is 22.5. The number of aromatic nitrogens is 2. The van der Waals surface area contributed by atoms with Crippen molar-refractivity contribution in [1.82, 2.24) is 15.5 Å². The first-order chi connectivity index (χ1) is 15.6. The highest BCUT2D eigenvalue weighted by molar-refractivity contribution is 7.92. The molecule has 0 saturated heterocycles. The standard InChI is InChI=1S/C23H23FN4O4S/c1-13-9-18(32-27-13)12-25-23(29)14(2)21-19-11-16(24)7-8-20(19)26-22(21)15-5-4-6-17(10-15)28-33(3,30)31/h4-11,14,26,28H,12H2,1-3H3,(H,25,29). The van der Waals surface area contributed by atoms with Gasteiger partial charge < -0.3 is 14.8 Å². The second-order valence-electron chi connectivity index (χ2n) is 7.93. The number of fused-ring (bicyclic) bond motifs is 1. The predicted molar refractivity (Wildman–Crippen MR) is 124 cm³/mol. The third kappa shape index (κ3) is 5.06. The Kier molecular flexibility index (Phi) is 5.94. The highest BCUT2D eigenvalue weighted by atomic mass is 32.2. The number of nitrogens with zero attached hydrogens (tertiary/aromatic N) is 1. The first-order valence-electron chi connectivity index (χ1n) is 10.2. The van der Waals surface area contributed by atoms with Crippen LogP contribution in [0.25, 0.3) is 22.2 Å². The Labute approximate surface area is 190 Å².